The predicted molar refractivity (Wildman–Crippen MR) is 87.1 cm³/mol. The number of likely N-dealkylation sites (N-methyl/N-ethyl adjacent to an activating group) is 1. The predicted octanol–water partition coefficient (Wildman–Crippen LogP) is 0.825. The van der Waals surface area contributed by atoms with Crippen LogP contribution in [-0.2, 0) is 4.74 Å². The number of hydrogen-bond acceptors (Lipinski definition) is 4. The summed E-state index contributed by atoms with van der Waals surface area (Å²) >= 11 is 0. The average Bonchev–Trinajstić information content (AvgIpc) is 2.92. The van der Waals surface area contributed by atoms with Crippen LogP contribution in [0.4, 0.5) is 13.2 Å². The summed E-state index contributed by atoms with van der Waals surface area (Å²) in [7, 11) is 1.44. The second kappa shape index (κ2) is 10.0. The Labute approximate surface area is 141 Å². The Hall–Kier alpha value is -1.06. The molecule has 1 heterocycles. The summed E-state index contributed by atoms with van der Waals surface area (Å²) in [5, 5.41) is 15.4. The van der Waals surface area contributed by atoms with Gasteiger partial charge >= 0.3 is 6.18 Å². The van der Waals surface area contributed by atoms with Gasteiger partial charge in [0.05, 0.1) is 19.7 Å². The number of alkyl halides is 3. The summed E-state index contributed by atoms with van der Waals surface area (Å²) in [4.78, 5) is 5.74. The van der Waals surface area contributed by atoms with Crippen LogP contribution in [0, 0.1) is 5.41 Å². The van der Waals surface area contributed by atoms with Gasteiger partial charge in [-0.1, -0.05) is 0 Å². The second-order valence-corrected chi connectivity index (χ2v) is 6.25. The molecule has 142 valence electrons. The first-order valence-corrected chi connectivity index (χ1v) is 8.26. The van der Waals surface area contributed by atoms with E-state index in [1.807, 2.05) is 6.92 Å². The van der Waals surface area contributed by atoms with Gasteiger partial charge in [0.25, 0.3) is 0 Å². The van der Waals surface area contributed by atoms with Crippen LogP contribution in [0.3, 0.4) is 0 Å². The second-order valence-electron chi connectivity index (χ2n) is 6.25. The van der Waals surface area contributed by atoms with Crippen molar-refractivity contribution in [2.45, 2.75) is 25.9 Å². The Balaban J connectivity index is 2.47. The van der Waals surface area contributed by atoms with Crippen LogP contribution in [0.15, 0.2) is 4.99 Å². The standard InChI is InChI=1S/C15H29F3N4O2/c1-3-19-13(20-6-7-22(2)11-15(16,17)18)21-10-14(4-8-23)5-9-24-12-14/h23H,3-12H2,1-2H3,(H2,19,20,21). The van der Waals surface area contributed by atoms with E-state index in [1.54, 1.807) is 0 Å². The van der Waals surface area contributed by atoms with Gasteiger partial charge in [0.15, 0.2) is 5.96 Å². The van der Waals surface area contributed by atoms with Crippen molar-refractivity contribution in [3.8, 4) is 0 Å². The molecular formula is C15H29F3N4O2. The molecule has 0 aromatic rings. The highest BCUT2D eigenvalue weighted by molar-refractivity contribution is 5.79. The van der Waals surface area contributed by atoms with Crippen LogP contribution < -0.4 is 10.6 Å². The molecule has 9 heteroatoms. The molecule has 1 aliphatic heterocycles. The fraction of sp³-hybridized carbons (Fsp3) is 0.933. The Bertz CT molecular complexity index is 385. The van der Waals surface area contributed by atoms with E-state index >= 15 is 0 Å². The molecule has 0 amide bonds. The van der Waals surface area contributed by atoms with Crippen molar-refractivity contribution < 1.29 is 23.0 Å². The van der Waals surface area contributed by atoms with Gasteiger partial charge in [-0.05, 0) is 26.8 Å². The third kappa shape index (κ3) is 8.16. The van der Waals surface area contributed by atoms with Gasteiger partial charge in [-0.3, -0.25) is 9.89 Å². The van der Waals surface area contributed by atoms with E-state index in [0.717, 1.165) is 6.42 Å². The van der Waals surface area contributed by atoms with Crippen molar-refractivity contribution in [3.63, 3.8) is 0 Å². The number of nitrogens with zero attached hydrogens (tertiary/aromatic N) is 2. The molecule has 0 bridgehead atoms. The molecule has 3 N–H and O–H groups in total. The molecular weight excluding hydrogens is 325 g/mol. The van der Waals surface area contributed by atoms with Gasteiger partial charge in [0.2, 0.25) is 0 Å². The lowest BCUT2D eigenvalue weighted by molar-refractivity contribution is -0.142. The monoisotopic (exact) mass is 354 g/mol. The van der Waals surface area contributed by atoms with Crippen molar-refractivity contribution in [1.29, 1.82) is 0 Å². The molecule has 1 saturated heterocycles. The number of aliphatic imine (C=N–C) groups is 1. The molecule has 0 saturated carbocycles. The third-order valence-corrected chi connectivity index (χ3v) is 3.98. The van der Waals surface area contributed by atoms with Crippen LogP contribution in [0.2, 0.25) is 0 Å². The van der Waals surface area contributed by atoms with E-state index in [0.29, 0.717) is 45.2 Å². The lowest BCUT2D eigenvalue weighted by atomic mass is 9.84. The van der Waals surface area contributed by atoms with E-state index in [-0.39, 0.29) is 18.6 Å². The Morgan fingerprint density at radius 3 is 2.67 bits per heavy atom. The normalized spacial score (nSPS) is 22.2. The van der Waals surface area contributed by atoms with Crippen LogP contribution >= 0.6 is 0 Å². The van der Waals surface area contributed by atoms with E-state index < -0.39 is 12.7 Å². The first-order valence-electron chi connectivity index (χ1n) is 8.26. The molecule has 0 aliphatic carbocycles. The van der Waals surface area contributed by atoms with E-state index in [1.165, 1.54) is 11.9 Å². The minimum atomic E-state index is -4.19. The molecule has 1 atom stereocenters. The van der Waals surface area contributed by atoms with Crippen molar-refractivity contribution in [1.82, 2.24) is 15.5 Å². The molecule has 1 aliphatic rings. The van der Waals surface area contributed by atoms with Gasteiger partial charge in [0.1, 0.15) is 0 Å². The summed E-state index contributed by atoms with van der Waals surface area (Å²) in [5.74, 6) is 0.571. The Morgan fingerprint density at radius 1 is 1.38 bits per heavy atom. The molecule has 0 aromatic carbocycles. The number of aliphatic hydroxyl groups excluding tert-OH is 1. The lowest BCUT2D eigenvalue weighted by Crippen LogP contribution is -2.43. The number of hydrogen-bond donors (Lipinski definition) is 3. The van der Waals surface area contributed by atoms with Gasteiger partial charge < -0.3 is 20.5 Å². The molecule has 1 fully saturated rings. The van der Waals surface area contributed by atoms with Gasteiger partial charge in [0, 0.05) is 38.3 Å². The van der Waals surface area contributed by atoms with E-state index in [4.69, 9.17) is 4.74 Å². The maximum absolute atomic E-state index is 12.3. The molecule has 6 nitrogen and oxygen atoms in total. The first kappa shape index (κ1) is 21.0. The van der Waals surface area contributed by atoms with Gasteiger partial charge in [-0.15, -0.1) is 0 Å². The van der Waals surface area contributed by atoms with Crippen LogP contribution in [0.25, 0.3) is 0 Å². The average molecular weight is 354 g/mol. The lowest BCUT2D eigenvalue weighted by Gasteiger charge is -2.25. The molecule has 24 heavy (non-hydrogen) atoms. The largest absolute Gasteiger partial charge is 0.401 e. The molecule has 0 spiro atoms. The molecule has 1 rings (SSSR count). The maximum Gasteiger partial charge on any atom is 0.401 e. The van der Waals surface area contributed by atoms with Gasteiger partial charge in [-0.2, -0.15) is 13.2 Å². The summed E-state index contributed by atoms with van der Waals surface area (Å²) in [6, 6.07) is 0. The highest BCUT2D eigenvalue weighted by Crippen LogP contribution is 2.32. The zero-order valence-corrected chi connectivity index (χ0v) is 14.5. The topological polar surface area (TPSA) is 69.1 Å². The maximum atomic E-state index is 12.3. The van der Waals surface area contributed by atoms with E-state index in [2.05, 4.69) is 15.6 Å². The van der Waals surface area contributed by atoms with Crippen LogP contribution in [-0.4, -0.2) is 81.7 Å². The highest BCUT2D eigenvalue weighted by atomic mass is 19.4. The smallest absolute Gasteiger partial charge is 0.396 e. The Morgan fingerprint density at radius 2 is 2.12 bits per heavy atom. The summed E-state index contributed by atoms with van der Waals surface area (Å²) in [6.45, 7) is 4.12. The van der Waals surface area contributed by atoms with Crippen LogP contribution in [0.5, 0.6) is 0 Å². The molecule has 1 unspecified atom stereocenters. The SMILES string of the molecule is CCNC(=NCC1(CCO)CCOC1)NCCN(C)CC(F)(F)F. The quantitative estimate of drug-likeness (QED) is 0.423. The summed E-state index contributed by atoms with van der Waals surface area (Å²) < 4.78 is 42.3. The number of nitrogens with one attached hydrogen (secondary N) is 2. The highest BCUT2D eigenvalue weighted by Gasteiger charge is 2.34. The number of rotatable bonds is 9. The first-order chi connectivity index (χ1) is 11.3. The number of halogens is 3. The number of guanidine groups is 1. The van der Waals surface area contributed by atoms with Crippen molar-refractivity contribution in [2.75, 3.05) is 59.6 Å². The zero-order valence-electron chi connectivity index (χ0n) is 14.5. The fourth-order valence-electron chi connectivity index (χ4n) is 2.63. The number of ether oxygens (including phenoxy) is 1. The third-order valence-electron chi connectivity index (χ3n) is 3.98. The van der Waals surface area contributed by atoms with E-state index in [9.17, 15) is 18.3 Å². The fourth-order valence-corrected chi connectivity index (χ4v) is 2.63. The van der Waals surface area contributed by atoms with Crippen molar-refractivity contribution in [2.24, 2.45) is 10.4 Å². The summed E-state index contributed by atoms with van der Waals surface area (Å²) in [5.41, 5.74) is -0.149. The number of aliphatic hydroxyl groups is 1. The van der Waals surface area contributed by atoms with Crippen LogP contribution in [0.1, 0.15) is 19.8 Å². The summed E-state index contributed by atoms with van der Waals surface area (Å²) in [6.07, 6.45) is -2.71. The molecule has 0 radical (unpaired) electrons. The zero-order chi connectivity index (χ0) is 18.1. The Kier molecular flexibility index (Phi) is 8.79. The van der Waals surface area contributed by atoms with Crippen molar-refractivity contribution >= 4 is 5.96 Å². The molecule has 0 aromatic heterocycles. The van der Waals surface area contributed by atoms with Gasteiger partial charge in [-0.25, -0.2) is 0 Å². The minimum Gasteiger partial charge on any atom is -0.396 e. The minimum absolute atomic E-state index is 0.0884. The van der Waals surface area contributed by atoms with Crippen molar-refractivity contribution in [3.05, 3.63) is 0 Å².